The molecule has 6 heteroatoms. The van der Waals surface area contributed by atoms with E-state index >= 15 is 0 Å². The second kappa shape index (κ2) is 5.68. The number of aliphatic hydroxyl groups excluding tert-OH is 1. The Bertz CT molecular complexity index is 775. The summed E-state index contributed by atoms with van der Waals surface area (Å²) in [4.78, 5) is 23.9. The van der Waals surface area contributed by atoms with Crippen molar-refractivity contribution < 1.29 is 24.9 Å². The van der Waals surface area contributed by atoms with Crippen molar-refractivity contribution in [2.45, 2.75) is 57.1 Å². The zero-order valence-electron chi connectivity index (χ0n) is 15.9. The number of carboxylic acid groups (broad SMARTS) is 1. The third-order valence-corrected chi connectivity index (χ3v) is 8.80. The Hall–Kier alpha value is -1.17. The van der Waals surface area contributed by atoms with E-state index in [1.54, 1.807) is 19.1 Å². The van der Waals surface area contributed by atoms with Crippen LogP contribution in [-0.2, 0) is 9.59 Å². The third kappa shape index (κ3) is 2.19. The lowest BCUT2D eigenvalue weighted by molar-refractivity contribution is -0.197. The predicted octanol–water partition coefficient (Wildman–Crippen LogP) is 2.54. The Morgan fingerprint density at radius 2 is 1.96 bits per heavy atom. The molecule has 4 aliphatic carbocycles. The third-order valence-electron chi connectivity index (χ3n) is 8.38. The van der Waals surface area contributed by atoms with Crippen LogP contribution < -0.4 is 0 Å². The van der Waals surface area contributed by atoms with Crippen LogP contribution in [0.2, 0.25) is 0 Å². The maximum Gasteiger partial charge on any atom is 0.336 e. The minimum Gasteiger partial charge on any atom is -0.479 e. The molecular weight excluding hydrogens is 368 g/mol. The minimum absolute atomic E-state index is 0.0166. The number of hydrogen-bond donors (Lipinski definition) is 3. The van der Waals surface area contributed by atoms with Gasteiger partial charge in [-0.1, -0.05) is 26.8 Å². The van der Waals surface area contributed by atoms with Crippen molar-refractivity contribution in [3.05, 3.63) is 23.8 Å². The lowest BCUT2D eigenvalue weighted by atomic mass is 9.46. The summed E-state index contributed by atoms with van der Waals surface area (Å²) in [6.07, 6.45) is 5.62. The lowest BCUT2D eigenvalue weighted by Crippen LogP contribution is -2.63. The molecule has 3 N–H and O–H groups in total. The first-order valence-electron chi connectivity index (χ1n) is 9.70. The van der Waals surface area contributed by atoms with Crippen molar-refractivity contribution in [3.8, 4) is 0 Å². The zero-order valence-corrected chi connectivity index (χ0v) is 16.6. The molecule has 0 heterocycles. The van der Waals surface area contributed by atoms with E-state index in [1.807, 2.05) is 19.9 Å². The van der Waals surface area contributed by atoms with Crippen LogP contribution in [0.1, 0.15) is 40.0 Å². The molecule has 0 amide bonds. The summed E-state index contributed by atoms with van der Waals surface area (Å²) in [5.41, 5.74) is -2.46. The van der Waals surface area contributed by atoms with E-state index in [4.69, 9.17) is 11.6 Å². The zero-order chi connectivity index (χ0) is 19.9. The topological polar surface area (TPSA) is 94.8 Å². The number of aliphatic hydroxyl groups is 2. The number of hydrogen-bond acceptors (Lipinski definition) is 4. The highest BCUT2D eigenvalue weighted by Gasteiger charge is 2.71. The molecule has 3 saturated carbocycles. The number of ketones is 1. The van der Waals surface area contributed by atoms with Gasteiger partial charge in [-0.2, -0.15) is 0 Å². The first-order valence-corrected chi connectivity index (χ1v) is 10.1. The van der Waals surface area contributed by atoms with E-state index in [1.165, 1.54) is 0 Å². The van der Waals surface area contributed by atoms with Gasteiger partial charge in [-0.05, 0) is 54.7 Å². The van der Waals surface area contributed by atoms with Gasteiger partial charge >= 0.3 is 5.97 Å². The molecule has 0 aromatic carbocycles. The standard InChI is InChI=1S/C21H27ClO5/c1-10-6-13-12-8-15(22)14-7-11(23)4-5-19(14,2)17(12)16(24)9-20(13,3)21(10,27)18(25)26/h4-5,7,10,12-13,15-17,24,27H,6,8-9H2,1-3H3,(H,25,26)/t10-,12+,13+,15+,16+,17-,19+,20+,21+/m1/s1. The number of fused-ring (bicyclic) bond motifs is 5. The normalized spacial score (nSPS) is 54.0. The molecule has 0 unspecified atom stereocenters. The van der Waals surface area contributed by atoms with Crippen molar-refractivity contribution in [3.63, 3.8) is 0 Å². The van der Waals surface area contributed by atoms with Gasteiger partial charge in [-0.3, -0.25) is 4.79 Å². The Balaban J connectivity index is 1.82. The molecule has 4 rings (SSSR count). The molecule has 5 nitrogen and oxygen atoms in total. The molecule has 0 bridgehead atoms. The van der Waals surface area contributed by atoms with Gasteiger partial charge in [-0.25, -0.2) is 4.79 Å². The second-order valence-corrected chi connectivity index (χ2v) is 10.0. The molecule has 0 aromatic rings. The summed E-state index contributed by atoms with van der Waals surface area (Å²) in [7, 11) is 0. The largest absolute Gasteiger partial charge is 0.479 e. The van der Waals surface area contributed by atoms with Crippen molar-refractivity contribution in [2.75, 3.05) is 0 Å². The Labute approximate surface area is 164 Å². The van der Waals surface area contributed by atoms with Crippen LogP contribution in [0.3, 0.4) is 0 Å². The number of halogens is 1. The van der Waals surface area contributed by atoms with E-state index in [9.17, 15) is 24.9 Å². The number of allylic oxidation sites excluding steroid dienone is 4. The van der Waals surface area contributed by atoms with Gasteiger partial charge in [0.2, 0.25) is 0 Å². The highest BCUT2D eigenvalue weighted by Crippen LogP contribution is 2.68. The van der Waals surface area contributed by atoms with Crippen LogP contribution in [0.5, 0.6) is 0 Å². The molecule has 148 valence electrons. The Morgan fingerprint density at radius 3 is 2.59 bits per heavy atom. The number of aliphatic carboxylic acids is 1. The first-order chi connectivity index (χ1) is 12.5. The van der Waals surface area contributed by atoms with E-state index in [-0.39, 0.29) is 35.3 Å². The van der Waals surface area contributed by atoms with Crippen LogP contribution in [0.25, 0.3) is 0 Å². The average molecular weight is 395 g/mol. The Kier molecular flexibility index (Phi) is 4.03. The van der Waals surface area contributed by atoms with Crippen LogP contribution in [0.15, 0.2) is 23.8 Å². The molecule has 0 aromatic heterocycles. The summed E-state index contributed by atoms with van der Waals surface area (Å²) in [5, 5.41) is 31.9. The fourth-order valence-electron chi connectivity index (χ4n) is 7.12. The molecule has 4 aliphatic rings. The molecule has 0 spiro atoms. The fraction of sp³-hybridized carbons (Fsp3) is 0.714. The number of carbonyl (C=O) groups is 2. The van der Waals surface area contributed by atoms with E-state index in [0.717, 1.165) is 5.57 Å². The summed E-state index contributed by atoms with van der Waals surface area (Å²) in [5.74, 6) is -1.91. The van der Waals surface area contributed by atoms with Crippen molar-refractivity contribution >= 4 is 23.4 Å². The number of rotatable bonds is 1. The number of carbonyl (C=O) groups excluding carboxylic acids is 1. The molecule has 27 heavy (non-hydrogen) atoms. The lowest BCUT2D eigenvalue weighted by Gasteiger charge is -2.60. The van der Waals surface area contributed by atoms with Crippen LogP contribution >= 0.6 is 11.6 Å². The van der Waals surface area contributed by atoms with Gasteiger partial charge in [0.1, 0.15) is 0 Å². The van der Waals surface area contributed by atoms with Gasteiger partial charge in [-0.15, -0.1) is 11.6 Å². The summed E-state index contributed by atoms with van der Waals surface area (Å²) in [6.45, 7) is 5.61. The van der Waals surface area contributed by atoms with Gasteiger partial charge in [0.05, 0.1) is 11.5 Å². The second-order valence-electron chi connectivity index (χ2n) is 9.51. The van der Waals surface area contributed by atoms with Crippen molar-refractivity contribution in [1.82, 2.24) is 0 Å². The first kappa shape index (κ1) is 19.2. The average Bonchev–Trinajstić information content (AvgIpc) is 2.78. The molecule has 0 aliphatic heterocycles. The smallest absolute Gasteiger partial charge is 0.336 e. The SMILES string of the molecule is C[C@@H]1C[C@H]2[C@@H]3C[C@H](Cl)C4=CC(=O)C=C[C@]4(C)[C@H]3[C@@H](O)C[C@]2(C)[C@@]1(O)C(=O)O. The summed E-state index contributed by atoms with van der Waals surface area (Å²) < 4.78 is 0. The monoisotopic (exact) mass is 394 g/mol. The van der Waals surface area contributed by atoms with Crippen LogP contribution in [0, 0.1) is 34.5 Å². The minimum atomic E-state index is -1.86. The highest BCUT2D eigenvalue weighted by atomic mass is 35.5. The number of alkyl halides is 1. The van der Waals surface area contributed by atoms with E-state index < -0.39 is 34.4 Å². The molecular formula is C21H27ClO5. The molecule has 0 saturated heterocycles. The van der Waals surface area contributed by atoms with Crippen LogP contribution in [-0.4, -0.2) is 44.2 Å². The Morgan fingerprint density at radius 1 is 1.30 bits per heavy atom. The van der Waals surface area contributed by atoms with E-state index in [0.29, 0.717) is 12.8 Å². The van der Waals surface area contributed by atoms with E-state index in [2.05, 4.69) is 0 Å². The quantitative estimate of drug-likeness (QED) is 0.594. The van der Waals surface area contributed by atoms with Crippen LogP contribution in [0.4, 0.5) is 0 Å². The molecule has 0 radical (unpaired) electrons. The molecule has 3 fully saturated rings. The summed E-state index contributed by atoms with van der Waals surface area (Å²) in [6, 6.07) is 0. The summed E-state index contributed by atoms with van der Waals surface area (Å²) >= 11 is 6.70. The predicted molar refractivity (Wildman–Crippen MR) is 100 cm³/mol. The number of carboxylic acids is 1. The van der Waals surface area contributed by atoms with Gasteiger partial charge in [0.25, 0.3) is 0 Å². The van der Waals surface area contributed by atoms with Crippen molar-refractivity contribution in [1.29, 1.82) is 0 Å². The molecule has 9 atom stereocenters. The maximum absolute atomic E-state index is 12.0. The fourth-order valence-corrected chi connectivity index (χ4v) is 7.63. The highest BCUT2D eigenvalue weighted by molar-refractivity contribution is 6.23. The van der Waals surface area contributed by atoms with Crippen molar-refractivity contribution in [2.24, 2.45) is 34.5 Å². The van der Waals surface area contributed by atoms with Gasteiger partial charge < -0.3 is 15.3 Å². The van der Waals surface area contributed by atoms with Gasteiger partial charge in [0.15, 0.2) is 11.4 Å². The van der Waals surface area contributed by atoms with Gasteiger partial charge in [0, 0.05) is 16.7 Å². The maximum atomic E-state index is 12.0.